The van der Waals surface area contributed by atoms with Crippen molar-refractivity contribution in [2.24, 2.45) is 5.73 Å². The summed E-state index contributed by atoms with van der Waals surface area (Å²) in [5, 5.41) is 0.405. The molecule has 0 fully saturated rings. The summed E-state index contributed by atoms with van der Waals surface area (Å²) in [5.74, 6) is -0.441. The number of nitrogens with two attached hydrogens (primary N) is 1. The Balaban J connectivity index is 2.92. The van der Waals surface area contributed by atoms with Gasteiger partial charge in [-0.1, -0.05) is 18.5 Å². The smallest absolute Gasteiger partial charge is 0.127 e. The molecule has 0 aromatic heterocycles. The van der Waals surface area contributed by atoms with E-state index in [-0.39, 0.29) is 24.9 Å². The van der Waals surface area contributed by atoms with Gasteiger partial charge in [0, 0.05) is 18.0 Å². The Morgan fingerprint density at radius 3 is 2.67 bits per heavy atom. The van der Waals surface area contributed by atoms with Crippen molar-refractivity contribution in [1.29, 1.82) is 0 Å². The quantitative estimate of drug-likeness (QED) is 0.850. The minimum atomic E-state index is -1.55. The van der Waals surface area contributed by atoms with Gasteiger partial charge in [0.05, 0.1) is 0 Å². The molecule has 15 heavy (non-hydrogen) atoms. The highest BCUT2D eigenvalue weighted by Gasteiger charge is 2.27. The standard InChI is InChI=1S/C11H14ClF2N/c1-2-11(14,7-15)6-8-5-9(12)3-4-10(8)13/h3-5H,2,6-7,15H2,1H3. The normalized spacial score (nSPS) is 15.0. The Morgan fingerprint density at radius 1 is 1.47 bits per heavy atom. The molecule has 0 radical (unpaired) electrons. The molecule has 0 saturated heterocycles. The lowest BCUT2D eigenvalue weighted by molar-refractivity contribution is 0.166. The summed E-state index contributed by atoms with van der Waals surface area (Å²) in [7, 11) is 0. The van der Waals surface area contributed by atoms with Crippen LogP contribution in [0.2, 0.25) is 5.02 Å². The maximum absolute atomic E-state index is 13.9. The average Bonchev–Trinajstić information content (AvgIpc) is 2.23. The minimum Gasteiger partial charge on any atom is -0.328 e. The molecular formula is C11H14ClF2N. The summed E-state index contributed by atoms with van der Waals surface area (Å²) in [5.41, 5.74) is 4.05. The van der Waals surface area contributed by atoms with Gasteiger partial charge in [-0.25, -0.2) is 8.78 Å². The predicted octanol–water partition coefficient (Wildman–Crippen LogP) is 3.10. The molecule has 1 aromatic rings. The molecule has 0 bridgehead atoms. The molecule has 0 aliphatic heterocycles. The van der Waals surface area contributed by atoms with Crippen molar-refractivity contribution in [3.05, 3.63) is 34.6 Å². The average molecular weight is 234 g/mol. The van der Waals surface area contributed by atoms with Gasteiger partial charge in [0.1, 0.15) is 11.5 Å². The van der Waals surface area contributed by atoms with Crippen LogP contribution in [0.25, 0.3) is 0 Å². The fraction of sp³-hybridized carbons (Fsp3) is 0.455. The van der Waals surface area contributed by atoms with Gasteiger partial charge in [0.25, 0.3) is 0 Å². The SMILES string of the molecule is CCC(F)(CN)Cc1cc(Cl)ccc1F. The highest BCUT2D eigenvalue weighted by Crippen LogP contribution is 2.24. The van der Waals surface area contributed by atoms with Crippen LogP contribution in [-0.2, 0) is 6.42 Å². The molecule has 0 spiro atoms. The topological polar surface area (TPSA) is 26.0 Å². The third-order valence-electron chi connectivity index (χ3n) is 2.51. The first kappa shape index (κ1) is 12.4. The molecule has 0 aliphatic carbocycles. The Bertz CT molecular complexity index is 337. The van der Waals surface area contributed by atoms with Crippen LogP contribution in [0.15, 0.2) is 18.2 Å². The molecule has 0 aliphatic rings. The Kier molecular flexibility index (Phi) is 4.05. The van der Waals surface area contributed by atoms with E-state index in [0.29, 0.717) is 5.02 Å². The molecule has 0 saturated carbocycles. The number of benzene rings is 1. The van der Waals surface area contributed by atoms with Crippen LogP contribution in [0.5, 0.6) is 0 Å². The second-order valence-electron chi connectivity index (χ2n) is 3.62. The molecule has 2 N–H and O–H groups in total. The molecule has 1 aromatic carbocycles. The lowest BCUT2D eigenvalue weighted by Crippen LogP contribution is -2.34. The summed E-state index contributed by atoms with van der Waals surface area (Å²) in [6.45, 7) is 1.57. The van der Waals surface area contributed by atoms with Gasteiger partial charge in [-0.2, -0.15) is 0 Å². The van der Waals surface area contributed by atoms with Crippen LogP contribution >= 0.6 is 11.6 Å². The fourth-order valence-electron chi connectivity index (χ4n) is 1.36. The molecule has 84 valence electrons. The number of rotatable bonds is 4. The molecular weight excluding hydrogens is 220 g/mol. The van der Waals surface area contributed by atoms with Gasteiger partial charge < -0.3 is 5.73 Å². The minimum absolute atomic E-state index is 0.0353. The lowest BCUT2D eigenvalue weighted by atomic mass is 9.93. The zero-order valence-corrected chi connectivity index (χ0v) is 9.32. The molecule has 1 unspecified atom stereocenters. The predicted molar refractivity (Wildman–Crippen MR) is 58.3 cm³/mol. The van der Waals surface area contributed by atoms with Crippen LogP contribution in [0.4, 0.5) is 8.78 Å². The third kappa shape index (κ3) is 3.14. The summed E-state index contributed by atoms with van der Waals surface area (Å²) < 4.78 is 27.2. The fourth-order valence-corrected chi connectivity index (χ4v) is 1.56. The van der Waals surface area contributed by atoms with Gasteiger partial charge >= 0.3 is 0 Å². The van der Waals surface area contributed by atoms with Gasteiger partial charge in [-0.3, -0.25) is 0 Å². The second-order valence-corrected chi connectivity index (χ2v) is 4.06. The Labute approximate surface area is 93.2 Å². The first-order valence-electron chi connectivity index (χ1n) is 4.83. The summed E-state index contributed by atoms with van der Waals surface area (Å²) >= 11 is 5.71. The maximum Gasteiger partial charge on any atom is 0.127 e. The monoisotopic (exact) mass is 233 g/mol. The van der Waals surface area contributed by atoms with Gasteiger partial charge in [-0.05, 0) is 30.2 Å². The van der Waals surface area contributed by atoms with Crippen molar-refractivity contribution >= 4 is 11.6 Å². The van der Waals surface area contributed by atoms with E-state index in [0.717, 1.165) is 0 Å². The second kappa shape index (κ2) is 4.90. The number of alkyl halides is 1. The van der Waals surface area contributed by atoms with Gasteiger partial charge in [0.15, 0.2) is 0 Å². The van der Waals surface area contributed by atoms with E-state index in [9.17, 15) is 8.78 Å². The van der Waals surface area contributed by atoms with E-state index in [2.05, 4.69) is 0 Å². The van der Waals surface area contributed by atoms with E-state index >= 15 is 0 Å². The summed E-state index contributed by atoms with van der Waals surface area (Å²) in [6.07, 6.45) is 0.224. The van der Waals surface area contributed by atoms with E-state index in [1.165, 1.54) is 18.2 Å². The van der Waals surface area contributed by atoms with E-state index in [1.54, 1.807) is 6.92 Å². The van der Waals surface area contributed by atoms with Crippen molar-refractivity contribution in [3.63, 3.8) is 0 Å². The summed E-state index contributed by atoms with van der Waals surface area (Å²) in [6, 6.07) is 4.12. The van der Waals surface area contributed by atoms with Crippen molar-refractivity contribution in [2.75, 3.05) is 6.54 Å². The van der Waals surface area contributed by atoms with Crippen molar-refractivity contribution < 1.29 is 8.78 Å². The Hall–Kier alpha value is -0.670. The zero-order valence-electron chi connectivity index (χ0n) is 8.56. The van der Waals surface area contributed by atoms with Crippen LogP contribution in [0.3, 0.4) is 0 Å². The molecule has 0 amide bonds. The van der Waals surface area contributed by atoms with E-state index < -0.39 is 11.5 Å². The molecule has 1 nitrogen and oxygen atoms in total. The zero-order chi connectivity index (χ0) is 11.5. The van der Waals surface area contributed by atoms with Crippen LogP contribution in [0, 0.1) is 5.82 Å². The van der Waals surface area contributed by atoms with E-state index in [1.807, 2.05) is 0 Å². The third-order valence-corrected chi connectivity index (χ3v) is 2.75. The maximum atomic E-state index is 13.9. The van der Waals surface area contributed by atoms with Crippen LogP contribution < -0.4 is 5.73 Å². The molecule has 0 heterocycles. The Morgan fingerprint density at radius 2 is 2.13 bits per heavy atom. The number of hydrogen-bond acceptors (Lipinski definition) is 1. The molecule has 4 heteroatoms. The van der Waals surface area contributed by atoms with Crippen LogP contribution in [-0.4, -0.2) is 12.2 Å². The first-order valence-corrected chi connectivity index (χ1v) is 5.21. The number of hydrogen-bond donors (Lipinski definition) is 1. The molecule has 1 rings (SSSR count). The van der Waals surface area contributed by atoms with Crippen molar-refractivity contribution in [1.82, 2.24) is 0 Å². The first-order chi connectivity index (χ1) is 7.00. The van der Waals surface area contributed by atoms with Gasteiger partial charge in [-0.15, -0.1) is 0 Å². The lowest BCUT2D eigenvalue weighted by Gasteiger charge is -2.22. The highest BCUT2D eigenvalue weighted by molar-refractivity contribution is 6.30. The van der Waals surface area contributed by atoms with Crippen molar-refractivity contribution in [2.45, 2.75) is 25.4 Å². The van der Waals surface area contributed by atoms with E-state index in [4.69, 9.17) is 17.3 Å². The number of halogens is 3. The summed E-state index contributed by atoms with van der Waals surface area (Å²) in [4.78, 5) is 0. The van der Waals surface area contributed by atoms with Gasteiger partial charge in [0.2, 0.25) is 0 Å². The van der Waals surface area contributed by atoms with Crippen LogP contribution in [0.1, 0.15) is 18.9 Å². The molecule has 1 atom stereocenters. The van der Waals surface area contributed by atoms with Crippen molar-refractivity contribution in [3.8, 4) is 0 Å². The highest BCUT2D eigenvalue weighted by atomic mass is 35.5. The largest absolute Gasteiger partial charge is 0.328 e.